The van der Waals surface area contributed by atoms with Crippen LogP contribution in [0.5, 0.6) is 0 Å². The van der Waals surface area contributed by atoms with E-state index < -0.39 is 16.7 Å². The van der Waals surface area contributed by atoms with Gasteiger partial charge in [0.25, 0.3) is 5.56 Å². The number of hydrogen-bond acceptors (Lipinski definition) is 6. The fourth-order valence-corrected chi connectivity index (χ4v) is 4.66. The third-order valence-electron chi connectivity index (χ3n) is 5.66. The number of nitrogens with zero attached hydrogens (tertiary/aromatic N) is 4. The molecule has 0 unspecified atom stereocenters. The van der Waals surface area contributed by atoms with Crippen molar-refractivity contribution >= 4 is 34.4 Å². The number of amides is 1. The number of benzene rings is 1. The summed E-state index contributed by atoms with van der Waals surface area (Å²) in [7, 11) is 3.01. The van der Waals surface area contributed by atoms with Crippen LogP contribution in [0.25, 0.3) is 11.0 Å². The van der Waals surface area contributed by atoms with Gasteiger partial charge >= 0.3 is 5.69 Å². The zero-order chi connectivity index (χ0) is 23.2. The van der Waals surface area contributed by atoms with Gasteiger partial charge in [-0.15, -0.1) is 0 Å². The average Bonchev–Trinajstić information content (AvgIpc) is 3.21. The van der Waals surface area contributed by atoms with Crippen LogP contribution in [0, 0.1) is 0 Å². The van der Waals surface area contributed by atoms with Crippen LogP contribution in [-0.4, -0.2) is 30.8 Å². The molecule has 0 spiro atoms. The topological polar surface area (TPSA) is 98.9 Å². The third kappa shape index (κ3) is 4.09. The van der Waals surface area contributed by atoms with Crippen molar-refractivity contribution in [3.8, 4) is 0 Å². The van der Waals surface area contributed by atoms with Crippen molar-refractivity contribution in [3.63, 3.8) is 0 Å². The summed E-state index contributed by atoms with van der Waals surface area (Å²) < 4.78 is 2.39. The number of aromatic nitrogens is 4. The number of thioether (sulfide) groups is 1. The number of anilines is 1. The first-order valence-electron chi connectivity index (χ1n) is 10.6. The maximum Gasteiger partial charge on any atom is 0.332 e. The summed E-state index contributed by atoms with van der Waals surface area (Å²) in [6.45, 7) is 5.88. The number of nitrogens with one attached hydrogen (secondary N) is 1. The van der Waals surface area contributed by atoms with E-state index in [-0.39, 0.29) is 22.7 Å². The SMILES string of the molecule is Cn1c(=O)c2c(SCC(=O)Nc3ccc4c(c3)CCC4)nc(C(C)(C)C)nc2n(C)c1=O. The van der Waals surface area contributed by atoms with Gasteiger partial charge in [-0.1, -0.05) is 38.6 Å². The monoisotopic (exact) mass is 453 g/mol. The van der Waals surface area contributed by atoms with Gasteiger partial charge in [-0.3, -0.25) is 18.7 Å². The van der Waals surface area contributed by atoms with Gasteiger partial charge in [0.2, 0.25) is 5.91 Å². The van der Waals surface area contributed by atoms with Crippen molar-refractivity contribution in [3.05, 3.63) is 56.0 Å². The van der Waals surface area contributed by atoms with Crippen LogP contribution < -0.4 is 16.6 Å². The third-order valence-corrected chi connectivity index (χ3v) is 6.64. The van der Waals surface area contributed by atoms with Gasteiger partial charge in [-0.2, -0.15) is 0 Å². The Balaban J connectivity index is 1.66. The van der Waals surface area contributed by atoms with Crippen LogP contribution in [0.2, 0.25) is 0 Å². The first-order chi connectivity index (χ1) is 15.1. The highest BCUT2D eigenvalue weighted by atomic mass is 32.2. The maximum atomic E-state index is 12.9. The Hall–Kier alpha value is -2.94. The van der Waals surface area contributed by atoms with Gasteiger partial charge in [0, 0.05) is 25.2 Å². The molecular formula is C23H27N5O3S. The molecular weight excluding hydrogens is 426 g/mol. The minimum absolute atomic E-state index is 0.0821. The molecule has 0 atom stereocenters. The van der Waals surface area contributed by atoms with Crippen LogP contribution in [0.4, 0.5) is 5.69 Å². The molecule has 9 heteroatoms. The van der Waals surface area contributed by atoms with Crippen LogP contribution in [0.3, 0.4) is 0 Å². The molecule has 0 aliphatic heterocycles. The molecule has 2 aromatic heterocycles. The summed E-state index contributed by atoms with van der Waals surface area (Å²) >= 11 is 1.18. The molecule has 0 saturated heterocycles. The van der Waals surface area contributed by atoms with Crippen LogP contribution in [-0.2, 0) is 37.1 Å². The molecule has 0 fully saturated rings. The van der Waals surface area contributed by atoms with E-state index >= 15 is 0 Å². The summed E-state index contributed by atoms with van der Waals surface area (Å²) in [5.74, 6) is 0.409. The molecule has 168 valence electrons. The summed E-state index contributed by atoms with van der Waals surface area (Å²) in [5, 5.41) is 3.59. The molecule has 1 N–H and O–H groups in total. The summed E-state index contributed by atoms with van der Waals surface area (Å²) in [4.78, 5) is 47.1. The first kappa shape index (κ1) is 22.3. The minimum Gasteiger partial charge on any atom is -0.325 e. The second-order valence-corrected chi connectivity index (χ2v) is 10.1. The van der Waals surface area contributed by atoms with Crippen LogP contribution >= 0.6 is 11.8 Å². The van der Waals surface area contributed by atoms with E-state index in [1.807, 2.05) is 32.9 Å². The average molecular weight is 454 g/mol. The molecule has 0 bridgehead atoms. The van der Waals surface area contributed by atoms with Gasteiger partial charge in [0.15, 0.2) is 5.65 Å². The minimum atomic E-state index is -0.468. The van der Waals surface area contributed by atoms with E-state index in [1.165, 1.54) is 34.5 Å². The zero-order valence-electron chi connectivity index (χ0n) is 19.0. The fourth-order valence-electron chi connectivity index (χ4n) is 3.85. The Kier molecular flexibility index (Phi) is 5.70. The number of fused-ring (bicyclic) bond motifs is 2. The Labute approximate surface area is 190 Å². The standard InChI is InChI=1S/C23H27N5O3S/c1-23(2,3)21-25-18-17(20(30)28(5)22(31)27(18)4)19(26-21)32-12-16(29)24-15-10-9-13-7-6-8-14(13)11-15/h9-11H,6-8,12H2,1-5H3,(H,24,29). The molecule has 1 aromatic carbocycles. The Morgan fingerprint density at radius 1 is 1.09 bits per heavy atom. The molecule has 1 aliphatic rings. The lowest BCUT2D eigenvalue weighted by atomic mass is 9.96. The van der Waals surface area contributed by atoms with Crippen LogP contribution in [0.15, 0.2) is 32.8 Å². The number of carbonyl (C=O) groups excluding carboxylic acids is 1. The van der Waals surface area contributed by atoms with Gasteiger partial charge in [-0.25, -0.2) is 14.8 Å². The lowest BCUT2D eigenvalue weighted by molar-refractivity contribution is -0.113. The highest BCUT2D eigenvalue weighted by Crippen LogP contribution is 2.28. The molecule has 0 radical (unpaired) electrons. The number of carbonyl (C=O) groups is 1. The molecule has 8 nitrogen and oxygen atoms in total. The van der Waals surface area contributed by atoms with Gasteiger partial charge in [0.1, 0.15) is 16.2 Å². The Bertz CT molecular complexity index is 1350. The fraction of sp³-hybridized carbons (Fsp3) is 0.435. The second kappa shape index (κ2) is 8.20. The highest BCUT2D eigenvalue weighted by Gasteiger charge is 2.24. The molecule has 4 rings (SSSR count). The van der Waals surface area contributed by atoms with Crippen molar-refractivity contribution in [1.82, 2.24) is 19.1 Å². The van der Waals surface area contributed by atoms with Gasteiger partial charge in [0.05, 0.1) is 5.75 Å². The lowest BCUT2D eigenvalue weighted by Crippen LogP contribution is -2.38. The number of hydrogen-bond donors (Lipinski definition) is 1. The van der Waals surface area contributed by atoms with Crippen LogP contribution in [0.1, 0.15) is 44.1 Å². The summed E-state index contributed by atoms with van der Waals surface area (Å²) in [6.07, 6.45) is 3.28. The highest BCUT2D eigenvalue weighted by molar-refractivity contribution is 8.00. The number of rotatable bonds is 4. The Morgan fingerprint density at radius 3 is 2.53 bits per heavy atom. The number of aryl methyl sites for hydroxylation is 3. The first-order valence-corrected chi connectivity index (χ1v) is 11.6. The molecule has 1 aliphatic carbocycles. The van der Waals surface area contributed by atoms with Crippen molar-refractivity contribution in [2.24, 2.45) is 14.1 Å². The summed E-state index contributed by atoms with van der Waals surface area (Å²) in [5.41, 5.74) is 2.37. The van der Waals surface area contributed by atoms with E-state index in [4.69, 9.17) is 0 Å². The quantitative estimate of drug-likeness (QED) is 0.482. The molecule has 1 amide bonds. The predicted molar refractivity (Wildman–Crippen MR) is 127 cm³/mol. The normalized spacial score (nSPS) is 13.4. The van der Waals surface area contributed by atoms with Crippen molar-refractivity contribution < 1.29 is 4.79 Å². The van der Waals surface area contributed by atoms with E-state index in [9.17, 15) is 14.4 Å². The smallest absolute Gasteiger partial charge is 0.325 e. The van der Waals surface area contributed by atoms with Crippen molar-refractivity contribution in [2.45, 2.75) is 50.5 Å². The molecule has 3 aromatic rings. The molecule has 0 saturated carbocycles. The Morgan fingerprint density at radius 2 is 1.81 bits per heavy atom. The van der Waals surface area contributed by atoms with Crippen molar-refractivity contribution in [1.29, 1.82) is 0 Å². The molecule has 2 heterocycles. The second-order valence-electron chi connectivity index (χ2n) is 9.18. The molecule has 32 heavy (non-hydrogen) atoms. The van der Waals surface area contributed by atoms with E-state index in [2.05, 4.69) is 21.4 Å². The largest absolute Gasteiger partial charge is 0.332 e. The van der Waals surface area contributed by atoms with E-state index in [1.54, 1.807) is 7.05 Å². The zero-order valence-corrected chi connectivity index (χ0v) is 19.8. The van der Waals surface area contributed by atoms with E-state index in [0.29, 0.717) is 10.9 Å². The van der Waals surface area contributed by atoms with Gasteiger partial charge in [-0.05, 0) is 42.5 Å². The maximum absolute atomic E-state index is 12.9. The van der Waals surface area contributed by atoms with Crippen molar-refractivity contribution in [2.75, 3.05) is 11.1 Å². The predicted octanol–water partition coefficient (Wildman–Crippen LogP) is 2.54. The van der Waals surface area contributed by atoms with E-state index in [0.717, 1.165) is 29.5 Å². The van der Waals surface area contributed by atoms with Gasteiger partial charge < -0.3 is 5.32 Å². The summed E-state index contributed by atoms with van der Waals surface area (Å²) in [6, 6.07) is 6.03. The lowest BCUT2D eigenvalue weighted by Gasteiger charge is -2.19.